The van der Waals surface area contributed by atoms with E-state index in [0.717, 1.165) is 0 Å². The van der Waals surface area contributed by atoms with Crippen LogP contribution in [0.25, 0.3) is 0 Å². The van der Waals surface area contributed by atoms with Crippen molar-refractivity contribution >= 4 is 35.1 Å². The summed E-state index contributed by atoms with van der Waals surface area (Å²) in [7, 11) is 0. The van der Waals surface area contributed by atoms with E-state index in [-0.39, 0.29) is 31.6 Å². The molecule has 3 unspecified atom stereocenters. The molecule has 4 rings (SSSR count). The van der Waals surface area contributed by atoms with E-state index in [4.69, 9.17) is 21.1 Å². The summed E-state index contributed by atoms with van der Waals surface area (Å²) < 4.78 is 11.8. The average molecular weight is 451 g/mol. The number of β-amino-alcohol motifs (C(OH)–C–C–N with tert-alkyl or cyclic N) is 1. The van der Waals surface area contributed by atoms with E-state index in [0.29, 0.717) is 17.1 Å². The maximum absolute atomic E-state index is 13.5. The third-order valence-corrected chi connectivity index (χ3v) is 7.41. The predicted molar refractivity (Wildman–Crippen MR) is 112 cm³/mol. The number of rotatable bonds is 6. The van der Waals surface area contributed by atoms with Crippen molar-refractivity contribution in [3.8, 4) is 0 Å². The molecule has 0 saturated carbocycles. The number of anilines is 1. The smallest absolute Gasteiger partial charge is 0.312 e. The number of fused-ring (bicyclic) bond motifs is 1. The van der Waals surface area contributed by atoms with Crippen molar-refractivity contribution in [1.29, 1.82) is 0 Å². The van der Waals surface area contributed by atoms with Gasteiger partial charge in [0.25, 0.3) is 0 Å². The number of amides is 2. The van der Waals surface area contributed by atoms with Crippen molar-refractivity contribution in [3.05, 3.63) is 29.3 Å². The summed E-state index contributed by atoms with van der Waals surface area (Å²) in [5, 5.41) is 12.8. The molecule has 2 N–H and O–H groups in total. The molecule has 0 aliphatic carbocycles. The highest BCUT2D eigenvalue weighted by atomic mass is 35.5. The van der Waals surface area contributed by atoms with Gasteiger partial charge in [-0.2, -0.15) is 0 Å². The summed E-state index contributed by atoms with van der Waals surface area (Å²) in [4.78, 5) is 41.2. The van der Waals surface area contributed by atoms with Gasteiger partial charge >= 0.3 is 5.97 Å². The number of nitrogens with zero attached hydrogens (tertiary/aromatic N) is 1. The van der Waals surface area contributed by atoms with Crippen LogP contribution in [0.4, 0.5) is 5.69 Å². The Labute approximate surface area is 185 Å². The van der Waals surface area contributed by atoms with E-state index in [1.807, 2.05) is 13.8 Å². The van der Waals surface area contributed by atoms with E-state index in [2.05, 4.69) is 5.32 Å². The van der Waals surface area contributed by atoms with Crippen LogP contribution >= 0.6 is 11.6 Å². The van der Waals surface area contributed by atoms with Crippen molar-refractivity contribution < 1.29 is 29.0 Å². The largest absolute Gasteiger partial charge is 0.466 e. The van der Waals surface area contributed by atoms with Crippen LogP contribution in [0.5, 0.6) is 0 Å². The fourth-order valence-electron chi connectivity index (χ4n) is 5.74. The molecule has 9 heteroatoms. The lowest BCUT2D eigenvalue weighted by Crippen LogP contribution is -2.54. The molecule has 0 aromatic heterocycles. The minimum Gasteiger partial charge on any atom is -0.466 e. The Morgan fingerprint density at radius 1 is 1.39 bits per heavy atom. The second-order valence-corrected chi connectivity index (χ2v) is 9.09. The first-order valence-electron chi connectivity index (χ1n) is 10.5. The number of halogens is 1. The number of esters is 1. The van der Waals surface area contributed by atoms with Gasteiger partial charge in [-0.15, -0.1) is 0 Å². The standard InChI is InChI=1S/C22H27ClN2O6/c1-4-30-20(29)16-15-19(28)25(9-10-26)17(22(15)11-12(2)21(16,3)31-22)18(27)24-14-8-6-5-7-13(14)23/h5-8,12,15-17,26H,4,9-11H2,1-3H3,(H,24,27)/t12?,15-,16+,17?,21-,22?/m0/s1. The summed E-state index contributed by atoms with van der Waals surface area (Å²) in [5.74, 6) is -3.06. The maximum Gasteiger partial charge on any atom is 0.312 e. The molecule has 0 radical (unpaired) electrons. The van der Waals surface area contributed by atoms with E-state index >= 15 is 0 Å². The normalized spacial score (nSPS) is 35.9. The highest BCUT2D eigenvalue weighted by Crippen LogP contribution is 2.65. The van der Waals surface area contributed by atoms with Crippen molar-refractivity contribution in [2.24, 2.45) is 17.8 Å². The summed E-state index contributed by atoms with van der Waals surface area (Å²) >= 11 is 6.21. The molecule has 3 saturated heterocycles. The van der Waals surface area contributed by atoms with E-state index in [9.17, 15) is 19.5 Å². The molecule has 2 bridgehead atoms. The average Bonchev–Trinajstić information content (AvgIpc) is 3.22. The summed E-state index contributed by atoms with van der Waals surface area (Å²) in [5.41, 5.74) is -1.68. The van der Waals surface area contributed by atoms with Gasteiger partial charge in [-0.25, -0.2) is 0 Å². The van der Waals surface area contributed by atoms with Crippen LogP contribution in [-0.2, 0) is 23.9 Å². The first kappa shape index (κ1) is 22.0. The highest BCUT2D eigenvalue weighted by molar-refractivity contribution is 6.33. The molecule has 3 fully saturated rings. The summed E-state index contributed by atoms with van der Waals surface area (Å²) in [6.45, 7) is 5.31. The number of hydrogen-bond acceptors (Lipinski definition) is 6. The van der Waals surface area contributed by atoms with Crippen molar-refractivity contribution in [2.75, 3.05) is 25.1 Å². The first-order chi connectivity index (χ1) is 14.7. The quantitative estimate of drug-likeness (QED) is 0.641. The molecule has 1 spiro atoms. The minimum absolute atomic E-state index is 0.0400. The zero-order valence-electron chi connectivity index (χ0n) is 17.8. The molecule has 31 heavy (non-hydrogen) atoms. The van der Waals surface area contributed by atoms with Crippen LogP contribution in [0.1, 0.15) is 27.2 Å². The van der Waals surface area contributed by atoms with Crippen molar-refractivity contribution in [3.63, 3.8) is 0 Å². The van der Waals surface area contributed by atoms with Crippen LogP contribution in [0.2, 0.25) is 5.02 Å². The lowest BCUT2D eigenvalue weighted by atomic mass is 9.62. The molecule has 3 aliphatic rings. The minimum atomic E-state index is -1.18. The zero-order chi connectivity index (χ0) is 22.6. The molecular weight excluding hydrogens is 424 g/mol. The SMILES string of the molecule is CCOC(=O)[C@H]1[C@H]2C(=O)N(CCO)C(C(=O)Nc3ccccc3Cl)C23CC(C)[C@]1(C)O3. The zero-order valence-corrected chi connectivity index (χ0v) is 18.5. The van der Waals surface area contributed by atoms with Crippen LogP contribution in [-0.4, -0.2) is 64.8 Å². The van der Waals surface area contributed by atoms with Gasteiger partial charge in [-0.3, -0.25) is 14.4 Å². The van der Waals surface area contributed by atoms with Gasteiger partial charge in [-0.1, -0.05) is 30.7 Å². The third kappa shape index (κ3) is 3.07. The van der Waals surface area contributed by atoms with Gasteiger partial charge in [-0.05, 0) is 38.3 Å². The number of likely N-dealkylation sites (tertiary alicyclic amines) is 1. The van der Waals surface area contributed by atoms with E-state index in [1.54, 1.807) is 31.2 Å². The number of carbonyl (C=O) groups is 3. The lowest BCUT2D eigenvalue weighted by molar-refractivity contribution is -0.161. The molecule has 8 nitrogen and oxygen atoms in total. The summed E-state index contributed by atoms with van der Waals surface area (Å²) in [6.07, 6.45) is 0.443. The Bertz CT molecular complexity index is 925. The Balaban J connectivity index is 1.76. The maximum atomic E-state index is 13.5. The molecule has 1 aromatic carbocycles. The van der Waals surface area contributed by atoms with Crippen LogP contribution in [0, 0.1) is 17.8 Å². The highest BCUT2D eigenvalue weighted by Gasteiger charge is 2.80. The number of aliphatic hydroxyl groups is 1. The van der Waals surface area contributed by atoms with Gasteiger partial charge in [0.1, 0.15) is 17.6 Å². The monoisotopic (exact) mass is 450 g/mol. The van der Waals surface area contributed by atoms with Gasteiger partial charge in [0.2, 0.25) is 11.8 Å². The number of para-hydroxylation sites is 1. The molecule has 3 heterocycles. The number of hydrogen-bond donors (Lipinski definition) is 2. The number of carbonyl (C=O) groups excluding carboxylic acids is 3. The van der Waals surface area contributed by atoms with Gasteiger partial charge in [0, 0.05) is 6.54 Å². The fraction of sp³-hybridized carbons (Fsp3) is 0.591. The van der Waals surface area contributed by atoms with Gasteiger partial charge in [0.15, 0.2) is 0 Å². The first-order valence-corrected chi connectivity index (χ1v) is 10.9. The second kappa shape index (κ2) is 7.76. The second-order valence-electron chi connectivity index (χ2n) is 8.68. The number of nitrogens with one attached hydrogen (secondary N) is 1. The Morgan fingerprint density at radius 2 is 2.10 bits per heavy atom. The topological polar surface area (TPSA) is 105 Å². The third-order valence-electron chi connectivity index (χ3n) is 7.08. The number of ether oxygens (including phenoxy) is 2. The van der Waals surface area contributed by atoms with Gasteiger partial charge < -0.3 is 24.8 Å². The van der Waals surface area contributed by atoms with Crippen molar-refractivity contribution in [2.45, 2.75) is 44.4 Å². The molecule has 1 aromatic rings. The molecule has 6 atom stereocenters. The Kier molecular flexibility index (Phi) is 5.52. The van der Waals surface area contributed by atoms with Crippen LogP contribution in [0.3, 0.4) is 0 Å². The Hall–Kier alpha value is -2.16. The molecule has 3 aliphatic heterocycles. The Morgan fingerprint density at radius 3 is 2.74 bits per heavy atom. The van der Waals surface area contributed by atoms with Crippen molar-refractivity contribution in [1.82, 2.24) is 4.90 Å². The van der Waals surface area contributed by atoms with E-state index < -0.39 is 41.0 Å². The number of aliphatic hydroxyl groups excluding tert-OH is 1. The van der Waals surface area contributed by atoms with E-state index in [1.165, 1.54) is 4.90 Å². The molecule has 168 valence electrons. The van der Waals surface area contributed by atoms with Crippen LogP contribution in [0.15, 0.2) is 24.3 Å². The molecular formula is C22H27ClN2O6. The molecule has 2 amide bonds. The van der Waals surface area contributed by atoms with Crippen LogP contribution < -0.4 is 5.32 Å². The summed E-state index contributed by atoms with van der Waals surface area (Å²) in [6, 6.07) is 5.81. The van der Waals surface area contributed by atoms with Gasteiger partial charge in [0.05, 0.1) is 35.4 Å². The fourth-order valence-corrected chi connectivity index (χ4v) is 5.92. The lowest BCUT2D eigenvalue weighted by Gasteiger charge is -2.35. The number of benzene rings is 1. The predicted octanol–water partition coefficient (Wildman–Crippen LogP) is 1.84.